The summed E-state index contributed by atoms with van der Waals surface area (Å²) in [5.41, 5.74) is 16.1. The van der Waals surface area contributed by atoms with Gasteiger partial charge in [-0.15, -0.1) is 0 Å². The zero-order chi connectivity index (χ0) is 38.2. The molecular formula is C48H40N7O+3. The van der Waals surface area contributed by atoms with E-state index in [1.165, 1.54) is 0 Å². The molecule has 8 heterocycles. The summed E-state index contributed by atoms with van der Waals surface area (Å²) in [4.78, 5) is 18.5. The zero-order valence-electron chi connectivity index (χ0n) is 31.5. The second-order valence-corrected chi connectivity index (χ2v) is 13.9. The van der Waals surface area contributed by atoms with Crippen molar-refractivity contribution in [2.24, 2.45) is 21.1 Å². The molecule has 9 rings (SSSR count). The number of aliphatic hydroxyl groups is 1. The molecule has 8 heteroatoms. The highest BCUT2D eigenvalue weighted by molar-refractivity contribution is 5.98. The molecule has 0 spiro atoms. The van der Waals surface area contributed by atoms with Crippen molar-refractivity contribution < 1.29 is 18.8 Å². The van der Waals surface area contributed by atoms with Crippen LogP contribution in [0.25, 0.3) is 91.3 Å². The minimum atomic E-state index is 0.0414. The van der Waals surface area contributed by atoms with Crippen LogP contribution in [0.4, 0.5) is 0 Å². The van der Waals surface area contributed by atoms with Crippen LogP contribution < -0.4 is 13.7 Å². The fourth-order valence-electron chi connectivity index (χ4n) is 7.61. The monoisotopic (exact) mass is 730 g/mol. The standard InChI is InChI=1S/C48H39N7O/c1-53-28-8-4-13-42(53)46-36-22-20-34(49-36)45(33-18-16-32(17-19-33)12-7-11-31-56)35-21-23-37(50-35)47(43-14-5-9-29-54(43)2)39-25-27-41(52-39)48(40-26-24-38(46)51-40)44-15-6-10-30-55(44)3/h4-6,8-10,13-30,56H,11,31H2,1-3H3,(H,49,50,51,52)/q+2/p+1. The Hall–Kier alpha value is -7.21. The van der Waals surface area contributed by atoms with Crippen LogP contribution in [0.15, 0.2) is 122 Å². The van der Waals surface area contributed by atoms with Crippen molar-refractivity contribution in [1.29, 1.82) is 0 Å². The fraction of sp³-hybridized carbons (Fsp3) is 0.104. The number of fused-ring (bicyclic) bond motifs is 8. The summed E-state index contributed by atoms with van der Waals surface area (Å²) >= 11 is 0. The summed E-state index contributed by atoms with van der Waals surface area (Å²) in [5, 5.41) is 9.25. The van der Waals surface area contributed by atoms with Crippen molar-refractivity contribution in [2.75, 3.05) is 6.61 Å². The maximum Gasteiger partial charge on any atom is 0.216 e. The van der Waals surface area contributed by atoms with E-state index in [-0.39, 0.29) is 6.61 Å². The lowest BCUT2D eigenvalue weighted by Crippen LogP contribution is -2.30. The van der Waals surface area contributed by atoms with Gasteiger partial charge < -0.3 is 15.1 Å². The second kappa shape index (κ2) is 14.6. The first-order chi connectivity index (χ1) is 27.5. The van der Waals surface area contributed by atoms with Crippen LogP contribution in [0, 0.1) is 11.8 Å². The molecule has 7 aromatic rings. The molecule has 8 nitrogen and oxygen atoms in total. The summed E-state index contributed by atoms with van der Waals surface area (Å²) < 4.78 is 6.41. The van der Waals surface area contributed by atoms with Crippen LogP contribution in [-0.4, -0.2) is 31.6 Å². The minimum Gasteiger partial charge on any atom is -0.395 e. The highest BCUT2D eigenvalue weighted by atomic mass is 16.2. The van der Waals surface area contributed by atoms with Crippen molar-refractivity contribution in [3.8, 4) is 56.7 Å². The predicted octanol–water partition coefficient (Wildman–Crippen LogP) is 7.53. The lowest BCUT2D eigenvalue weighted by molar-refractivity contribution is -0.660. The van der Waals surface area contributed by atoms with Crippen molar-refractivity contribution >= 4 is 46.4 Å². The predicted molar refractivity (Wildman–Crippen MR) is 223 cm³/mol. The van der Waals surface area contributed by atoms with Gasteiger partial charge in [-0.25, -0.2) is 23.7 Å². The number of rotatable bonds is 5. The van der Waals surface area contributed by atoms with E-state index in [9.17, 15) is 5.11 Å². The van der Waals surface area contributed by atoms with Crippen LogP contribution in [0.5, 0.6) is 0 Å². The molecular weight excluding hydrogens is 691 g/mol. The van der Waals surface area contributed by atoms with Crippen LogP contribution in [0.1, 0.15) is 34.8 Å². The van der Waals surface area contributed by atoms with E-state index in [2.05, 4.69) is 172 Å². The van der Waals surface area contributed by atoms with Gasteiger partial charge in [0.15, 0.2) is 18.6 Å². The first-order valence-electron chi connectivity index (χ1n) is 18.7. The number of benzene rings is 1. The number of nitrogens with one attached hydrogen (secondary N) is 2. The Labute approximate surface area is 325 Å². The normalized spacial score (nSPS) is 11.8. The van der Waals surface area contributed by atoms with Crippen LogP contribution in [0.2, 0.25) is 0 Å². The van der Waals surface area contributed by atoms with Gasteiger partial charge in [0.1, 0.15) is 21.1 Å². The Morgan fingerprint density at radius 2 is 0.893 bits per heavy atom. The Balaban J connectivity index is 1.45. The third-order valence-electron chi connectivity index (χ3n) is 10.3. The van der Waals surface area contributed by atoms with Gasteiger partial charge in [-0.05, 0) is 84.5 Å². The SMILES string of the molecule is C[n+]1ccccc1-c1c2nc(c(-c3cccc[n+]3C)c3ccc([nH]3)c(-c3cccc[n+]3C)c3nc(c(-c4ccc(C#CCCO)cc4)c4ccc1[nH]4)C=C3)C=C2. The number of aromatic amines is 2. The molecule has 1 aromatic carbocycles. The maximum atomic E-state index is 9.25. The molecule has 0 radical (unpaired) electrons. The van der Waals surface area contributed by atoms with Crippen molar-refractivity contribution in [3.05, 3.63) is 150 Å². The average molecular weight is 731 g/mol. The highest BCUT2D eigenvalue weighted by Crippen LogP contribution is 2.37. The molecule has 0 saturated carbocycles. The second-order valence-electron chi connectivity index (χ2n) is 13.9. The largest absolute Gasteiger partial charge is 0.395 e. The summed E-state index contributed by atoms with van der Waals surface area (Å²) in [7, 11) is 6.20. The van der Waals surface area contributed by atoms with Crippen molar-refractivity contribution in [2.45, 2.75) is 6.42 Å². The first kappa shape index (κ1) is 34.6. The van der Waals surface area contributed by atoms with Crippen LogP contribution in [0.3, 0.4) is 0 Å². The van der Waals surface area contributed by atoms with E-state index >= 15 is 0 Å². The molecule has 2 aliphatic rings. The number of hydrogen-bond acceptors (Lipinski definition) is 3. The van der Waals surface area contributed by atoms with E-state index in [4.69, 9.17) is 9.97 Å². The van der Waals surface area contributed by atoms with Crippen molar-refractivity contribution in [1.82, 2.24) is 19.9 Å². The number of H-pyrrole nitrogens is 2. The van der Waals surface area contributed by atoms with Gasteiger partial charge in [-0.2, -0.15) is 0 Å². The highest BCUT2D eigenvalue weighted by Gasteiger charge is 2.24. The molecule has 0 amide bonds. The van der Waals surface area contributed by atoms with Gasteiger partial charge in [0.25, 0.3) is 0 Å². The number of pyridine rings is 3. The molecule has 56 heavy (non-hydrogen) atoms. The van der Waals surface area contributed by atoms with Crippen molar-refractivity contribution in [3.63, 3.8) is 0 Å². The van der Waals surface area contributed by atoms with E-state index < -0.39 is 0 Å². The lowest BCUT2D eigenvalue weighted by atomic mass is 10.0. The molecule has 0 aliphatic carbocycles. The first-order valence-corrected chi connectivity index (χ1v) is 18.7. The summed E-state index contributed by atoms with van der Waals surface area (Å²) in [5.74, 6) is 6.20. The van der Waals surface area contributed by atoms with Gasteiger partial charge in [0.05, 0.1) is 62.6 Å². The van der Waals surface area contributed by atoms with Gasteiger partial charge in [-0.1, -0.05) is 24.0 Å². The van der Waals surface area contributed by atoms with E-state index in [0.717, 1.165) is 95.3 Å². The molecule has 8 bridgehead atoms. The molecule has 0 unspecified atom stereocenters. The van der Waals surface area contributed by atoms with E-state index in [0.29, 0.717) is 6.42 Å². The summed E-state index contributed by atoms with van der Waals surface area (Å²) in [6, 6.07) is 35.6. The lowest BCUT2D eigenvalue weighted by Gasteiger charge is -2.06. The zero-order valence-corrected chi connectivity index (χ0v) is 31.5. The number of aromatic nitrogens is 7. The molecule has 270 valence electrons. The van der Waals surface area contributed by atoms with Gasteiger partial charge in [-0.3, -0.25) is 0 Å². The third kappa shape index (κ3) is 6.30. The van der Waals surface area contributed by atoms with Gasteiger partial charge in [0.2, 0.25) is 17.1 Å². The van der Waals surface area contributed by atoms with Crippen LogP contribution in [-0.2, 0) is 21.1 Å². The Bertz CT molecular complexity index is 2930. The quantitative estimate of drug-likeness (QED) is 0.126. The van der Waals surface area contributed by atoms with E-state index in [1.54, 1.807) is 0 Å². The number of aryl methyl sites for hydroxylation is 3. The molecule has 0 fully saturated rings. The fourth-order valence-corrected chi connectivity index (χ4v) is 7.61. The maximum absolute atomic E-state index is 9.25. The molecule has 0 saturated heterocycles. The average Bonchev–Trinajstić information content (AvgIpc) is 4.05. The Kier molecular flexibility index (Phi) is 8.98. The molecule has 0 atom stereocenters. The smallest absolute Gasteiger partial charge is 0.216 e. The number of nitrogens with zero attached hydrogens (tertiary/aromatic N) is 5. The number of aliphatic hydroxyl groups excluding tert-OH is 1. The molecule has 6 aromatic heterocycles. The Morgan fingerprint density at radius 1 is 0.500 bits per heavy atom. The van der Waals surface area contributed by atoms with Crippen LogP contribution >= 0.6 is 0 Å². The molecule has 2 aliphatic heterocycles. The van der Waals surface area contributed by atoms with Gasteiger partial charge in [0, 0.05) is 59.5 Å². The molecule has 3 N–H and O–H groups in total. The summed E-state index contributed by atoms with van der Waals surface area (Å²) in [6.07, 6.45) is 15.1. The van der Waals surface area contributed by atoms with Gasteiger partial charge >= 0.3 is 0 Å². The van der Waals surface area contributed by atoms with E-state index in [1.807, 2.05) is 30.3 Å². The Morgan fingerprint density at radius 3 is 1.29 bits per heavy atom. The number of hydrogen-bond donors (Lipinski definition) is 3. The third-order valence-corrected chi connectivity index (χ3v) is 10.3. The topological polar surface area (TPSA) is 89.2 Å². The summed E-state index contributed by atoms with van der Waals surface area (Å²) in [6.45, 7) is 0.0414. The minimum absolute atomic E-state index is 0.0414.